The van der Waals surface area contributed by atoms with Gasteiger partial charge in [-0.15, -0.1) is 24.0 Å². The van der Waals surface area contributed by atoms with Crippen molar-refractivity contribution in [2.45, 2.75) is 19.8 Å². The van der Waals surface area contributed by atoms with E-state index in [1.807, 2.05) is 30.3 Å². The van der Waals surface area contributed by atoms with E-state index in [1.54, 1.807) is 0 Å². The zero-order chi connectivity index (χ0) is 17.6. The molecule has 1 fully saturated rings. The first-order valence-corrected chi connectivity index (χ1v) is 9.38. The number of nitrogens with one attached hydrogen (secondary N) is 2. The first kappa shape index (κ1) is 23.0. The lowest BCUT2D eigenvalue weighted by atomic mass is 10.3. The molecule has 0 saturated carbocycles. The number of ether oxygens (including phenoxy) is 2. The van der Waals surface area contributed by atoms with Gasteiger partial charge in [-0.1, -0.05) is 18.2 Å². The fourth-order valence-electron chi connectivity index (χ4n) is 2.61. The SMILES string of the molecule is CCNC(=NCCCCOc1ccccc1)NCCN1CCOCC1.I. The highest BCUT2D eigenvalue weighted by atomic mass is 127. The van der Waals surface area contributed by atoms with E-state index >= 15 is 0 Å². The first-order valence-electron chi connectivity index (χ1n) is 9.38. The number of para-hydroxylation sites is 1. The van der Waals surface area contributed by atoms with Crippen LogP contribution in [0.3, 0.4) is 0 Å². The van der Waals surface area contributed by atoms with E-state index in [-0.39, 0.29) is 24.0 Å². The summed E-state index contributed by atoms with van der Waals surface area (Å²) in [4.78, 5) is 7.05. The van der Waals surface area contributed by atoms with Crippen molar-refractivity contribution in [3.63, 3.8) is 0 Å². The molecule has 1 heterocycles. The van der Waals surface area contributed by atoms with Gasteiger partial charge in [0.25, 0.3) is 0 Å². The second-order valence-electron chi connectivity index (χ2n) is 6.01. The van der Waals surface area contributed by atoms with Crippen LogP contribution in [0.2, 0.25) is 0 Å². The molecule has 2 rings (SSSR count). The van der Waals surface area contributed by atoms with Crippen molar-refractivity contribution in [1.29, 1.82) is 0 Å². The van der Waals surface area contributed by atoms with Gasteiger partial charge in [0.2, 0.25) is 0 Å². The Morgan fingerprint density at radius 2 is 1.92 bits per heavy atom. The Balaban J connectivity index is 0.00000338. The van der Waals surface area contributed by atoms with Crippen molar-refractivity contribution in [1.82, 2.24) is 15.5 Å². The van der Waals surface area contributed by atoms with E-state index in [4.69, 9.17) is 9.47 Å². The van der Waals surface area contributed by atoms with Gasteiger partial charge in [-0.05, 0) is 31.9 Å². The van der Waals surface area contributed by atoms with Gasteiger partial charge in [0, 0.05) is 39.3 Å². The van der Waals surface area contributed by atoms with Crippen LogP contribution in [-0.4, -0.2) is 69.9 Å². The van der Waals surface area contributed by atoms with Crippen LogP contribution in [0.4, 0.5) is 0 Å². The highest BCUT2D eigenvalue weighted by molar-refractivity contribution is 14.0. The molecular weight excluding hydrogens is 443 g/mol. The third-order valence-corrected chi connectivity index (χ3v) is 4.00. The molecule has 2 N–H and O–H groups in total. The second-order valence-corrected chi connectivity index (χ2v) is 6.01. The number of hydrogen-bond donors (Lipinski definition) is 2. The van der Waals surface area contributed by atoms with Crippen molar-refractivity contribution in [3.8, 4) is 5.75 Å². The van der Waals surface area contributed by atoms with Gasteiger partial charge >= 0.3 is 0 Å². The van der Waals surface area contributed by atoms with Gasteiger partial charge in [-0.2, -0.15) is 0 Å². The van der Waals surface area contributed by atoms with E-state index in [0.29, 0.717) is 0 Å². The Morgan fingerprint density at radius 3 is 2.65 bits per heavy atom. The van der Waals surface area contributed by atoms with Crippen molar-refractivity contribution in [2.75, 3.05) is 59.1 Å². The standard InChI is InChI=1S/C19H32N4O2.HI/c1-2-20-19(22-11-12-23-13-16-24-17-14-23)21-10-6-7-15-25-18-8-4-3-5-9-18;/h3-5,8-9H,2,6-7,10-17H2,1H3,(H2,20,21,22);1H. The Hall–Kier alpha value is -1.06. The summed E-state index contributed by atoms with van der Waals surface area (Å²) in [5.74, 6) is 1.84. The van der Waals surface area contributed by atoms with Crippen LogP contribution in [0, 0.1) is 0 Å². The number of nitrogens with zero attached hydrogens (tertiary/aromatic N) is 2. The summed E-state index contributed by atoms with van der Waals surface area (Å²) in [7, 11) is 0. The van der Waals surface area contributed by atoms with Gasteiger partial charge in [0.05, 0.1) is 19.8 Å². The molecule has 148 valence electrons. The summed E-state index contributed by atoms with van der Waals surface area (Å²) in [6, 6.07) is 9.95. The van der Waals surface area contributed by atoms with Crippen molar-refractivity contribution < 1.29 is 9.47 Å². The minimum absolute atomic E-state index is 0. The molecule has 0 aromatic heterocycles. The molecule has 0 amide bonds. The maximum absolute atomic E-state index is 5.70. The van der Waals surface area contributed by atoms with E-state index in [1.165, 1.54) is 0 Å². The zero-order valence-electron chi connectivity index (χ0n) is 15.8. The maximum Gasteiger partial charge on any atom is 0.191 e. The summed E-state index contributed by atoms with van der Waals surface area (Å²) in [5.41, 5.74) is 0. The molecular formula is C19H33IN4O2. The minimum atomic E-state index is 0. The Kier molecular flexibility index (Phi) is 13.3. The van der Waals surface area contributed by atoms with Gasteiger partial charge in [0.1, 0.15) is 5.75 Å². The fourth-order valence-corrected chi connectivity index (χ4v) is 2.61. The van der Waals surface area contributed by atoms with Crippen molar-refractivity contribution >= 4 is 29.9 Å². The summed E-state index contributed by atoms with van der Waals surface area (Å²) in [6.07, 6.45) is 2.03. The molecule has 26 heavy (non-hydrogen) atoms. The molecule has 1 saturated heterocycles. The molecule has 0 spiro atoms. The topological polar surface area (TPSA) is 58.1 Å². The van der Waals surface area contributed by atoms with Crippen molar-refractivity contribution in [3.05, 3.63) is 30.3 Å². The predicted octanol–water partition coefficient (Wildman–Crippen LogP) is 2.35. The van der Waals surface area contributed by atoms with Gasteiger partial charge in [-0.3, -0.25) is 9.89 Å². The van der Waals surface area contributed by atoms with E-state index in [9.17, 15) is 0 Å². The Labute approximate surface area is 174 Å². The van der Waals surface area contributed by atoms with Crippen LogP contribution in [0.5, 0.6) is 5.75 Å². The highest BCUT2D eigenvalue weighted by Gasteiger charge is 2.09. The molecule has 0 radical (unpaired) electrons. The van der Waals surface area contributed by atoms with Crippen LogP contribution in [0.15, 0.2) is 35.3 Å². The lowest BCUT2D eigenvalue weighted by Crippen LogP contribution is -2.44. The lowest BCUT2D eigenvalue weighted by Gasteiger charge is -2.26. The van der Waals surface area contributed by atoms with Crippen molar-refractivity contribution in [2.24, 2.45) is 4.99 Å². The number of unbranched alkanes of at least 4 members (excludes halogenated alkanes) is 1. The van der Waals surface area contributed by atoms with Crippen LogP contribution in [0.1, 0.15) is 19.8 Å². The van der Waals surface area contributed by atoms with Gasteiger partial charge in [0.15, 0.2) is 5.96 Å². The number of halogens is 1. The first-order chi connectivity index (χ1) is 12.4. The fraction of sp³-hybridized carbons (Fsp3) is 0.632. The largest absolute Gasteiger partial charge is 0.494 e. The Morgan fingerprint density at radius 1 is 1.15 bits per heavy atom. The number of benzene rings is 1. The quantitative estimate of drug-likeness (QED) is 0.235. The molecule has 1 aromatic rings. The number of hydrogen-bond acceptors (Lipinski definition) is 4. The van der Waals surface area contributed by atoms with Crippen LogP contribution >= 0.6 is 24.0 Å². The summed E-state index contributed by atoms with van der Waals surface area (Å²) in [5, 5.41) is 6.71. The summed E-state index contributed by atoms with van der Waals surface area (Å²) < 4.78 is 11.1. The minimum Gasteiger partial charge on any atom is -0.494 e. The molecule has 6 nitrogen and oxygen atoms in total. The van der Waals surface area contributed by atoms with Gasteiger partial charge in [-0.25, -0.2) is 0 Å². The number of morpholine rings is 1. The second kappa shape index (κ2) is 15.0. The molecule has 7 heteroatoms. The van der Waals surface area contributed by atoms with Crippen LogP contribution < -0.4 is 15.4 Å². The molecule has 0 aliphatic carbocycles. The van der Waals surface area contributed by atoms with Crippen LogP contribution in [-0.2, 0) is 4.74 Å². The third kappa shape index (κ3) is 10.2. The predicted molar refractivity (Wildman–Crippen MR) is 118 cm³/mol. The molecule has 0 atom stereocenters. The summed E-state index contributed by atoms with van der Waals surface area (Å²) in [6.45, 7) is 10.2. The van der Waals surface area contributed by atoms with Gasteiger partial charge < -0.3 is 20.1 Å². The van der Waals surface area contributed by atoms with E-state index < -0.39 is 0 Å². The molecule has 1 aromatic carbocycles. The number of rotatable bonds is 10. The van der Waals surface area contributed by atoms with E-state index in [2.05, 4.69) is 27.4 Å². The number of guanidine groups is 1. The lowest BCUT2D eigenvalue weighted by molar-refractivity contribution is 0.0389. The zero-order valence-corrected chi connectivity index (χ0v) is 18.1. The maximum atomic E-state index is 5.70. The van der Waals surface area contributed by atoms with E-state index in [0.717, 1.165) is 83.6 Å². The molecule has 1 aliphatic heterocycles. The molecule has 0 bridgehead atoms. The molecule has 1 aliphatic rings. The highest BCUT2D eigenvalue weighted by Crippen LogP contribution is 2.08. The Bertz CT molecular complexity index is 482. The normalized spacial score (nSPS) is 15.2. The average molecular weight is 476 g/mol. The summed E-state index contributed by atoms with van der Waals surface area (Å²) >= 11 is 0. The third-order valence-electron chi connectivity index (χ3n) is 4.00. The average Bonchev–Trinajstić information content (AvgIpc) is 2.66. The number of aliphatic imine (C=N–C) groups is 1. The monoisotopic (exact) mass is 476 g/mol. The van der Waals surface area contributed by atoms with Crippen LogP contribution in [0.25, 0.3) is 0 Å². The smallest absolute Gasteiger partial charge is 0.191 e. The molecule has 0 unspecified atom stereocenters.